The van der Waals surface area contributed by atoms with Gasteiger partial charge in [-0.2, -0.15) is 0 Å². The summed E-state index contributed by atoms with van der Waals surface area (Å²) in [6, 6.07) is 11.0. The summed E-state index contributed by atoms with van der Waals surface area (Å²) in [5.41, 5.74) is 4.02. The Bertz CT molecular complexity index is 596. The lowest BCUT2D eigenvalue weighted by molar-refractivity contribution is -0.118. The summed E-state index contributed by atoms with van der Waals surface area (Å²) in [4.78, 5) is 11.5. The van der Waals surface area contributed by atoms with Crippen LogP contribution in [0.5, 0.6) is 0 Å². The van der Waals surface area contributed by atoms with Crippen LogP contribution >= 0.6 is 0 Å². The first-order valence-corrected chi connectivity index (χ1v) is 6.33. The summed E-state index contributed by atoms with van der Waals surface area (Å²) in [6.07, 6.45) is 3.33. The molecule has 1 heteroatoms. The van der Waals surface area contributed by atoms with Crippen LogP contribution in [0.2, 0.25) is 0 Å². The van der Waals surface area contributed by atoms with E-state index in [0.717, 1.165) is 12.8 Å². The zero-order chi connectivity index (χ0) is 11.8. The summed E-state index contributed by atoms with van der Waals surface area (Å²) < 4.78 is 0. The van der Waals surface area contributed by atoms with Crippen molar-refractivity contribution in [3.8, 4) is 0 Å². The van der Waals surface area contributed by atoms with E-state index in [1.165, 1.54) is 27.5 Å². The predicted molar refractivity (Wildman–Crippen MR) is 70.4 cm³/mol. The van der Waals surface area contributed by atoms with E-state index in [4.69, 9.17) is 0 Å². The van der Waals surface area contributed by atoms with Gasteiger partial charge in [-0.3, -0.25) is 4.79 Å². The van der Waals surface area contributed by atoms with Crippen molar-refractivity contribution in [2.24, 2.45) is 0 Å². The van der Waals surface area contributed by atoms with Gasteiger partial charge in [0.05, 0.1) is 0 Å². The first-order valence-electron chi connectivity index (χ1n) is 6.33. The Morgan fingerprint density at radius 2 is 2.00 bits per heavy atom. The first-order chi connectivity index (χ1) is 8.28. The number of benzene rings is 2. The van der Waals surface area contributed by atoms with E-state index in [-0.39, 0.29) is 0 Å². The minimum absolute atomic E-state index is 0.378. The van der Waals surface area contributed by atoms with Gasteiger partial charge in [0.2, 0.25) is 0 Å². The molecule has 17 heavy (non-hydrogen) atoms. The highest BCUT2D eigenvalue weighted by Gasteiger charge is 2.16. The highest BCUT2D eigenvalue weighted by atomic mass is 16.1. The van der Waals surface area contributed by atoms with Crippen LogP contribution in [-0.2, 0) is 24.1 Å². The number of Topliss-reactive ketones (excluding diaryl/α,β-unsaturated/α-hetero) is 1. The SMILES string of the molecule is CCc1cccc2cc3c(cc12)CCC(=O)C3. The van der Waals surface area contributed by atoms with Gasteiger partial charge in [0.1, 0.15) is 5.78 Å². The third-order valence-electron chi connectivity index (χ3n) is 3.73. The maximum atomic E-state index is 11.5. The average Bonchev–Trinajstić information content (AvgIpc) is 2.35. The number of rotatable bonds is 1. The second-order valence-electron chi connectivity index (χ2n) is 4.83. The average molecular weight is 224 g/mol. The molecule has 0 bridgehead atoms. The second kappa shape index (κ2) is 3.99. The summed E-state index contributed by atoms with van der Waals surface area (Å²) in [5.74, 6) is 0.378. The van der Waals surface area contributed by atoms with Crippen molar-refractivity contribution in [3.05, 3.63) is 47.0 Å². The number of carbonyl (C=O) groups is 1. The molecule has 1 nitrogen and oxygen atoms in total. The lowest BCUT2D eigenvalue weighted by Gasteiger charge is -2.17. The maximum Gasteiger partial charge on any atom is 0.137 e. The molecule has 0 fully saturated rings. The molecule has 0 amide bonds. The molecule has 0 spiro atoms. The smallest absolute Gasteiger partial charge is 0.137 e. The van der Waals surface area contributed by atoms with E-state index in [1.54, 1.807) is 0 Å². The van der Waals surface area contributed by atoms with E-state index in [2.05, 4.69) is 37.3 Å². The van der Waals surface area contributed by atoms with Crippen molar-refractivity contribution in [2.45, 2.75) is 32.6 Å². The lowest BCUT2D eigenvalue weighted by atomic mass is 9.87. The Morgan fingerprint density at radius 3 is 2.82 bits per heavy atom. The van der Waals surface area contributed by atoms with Gasteiger partial charge in [0.25, 0.3) is 0 Å². The monoisotopic (exact) mass is 224 g/mol. The van der Waals surface area contributed by atoms with Crippen molar-refractivity contribution in [1.82, 2.24) is 0 Å². The topological polar surface area (TPSA) is 17.1 Å². The third kappa shape index (κ3) is 1.76. The molecule has 2 aromatic rings. The Kier molecular flexibility index (Phi) is 2.47. The van der Waals surface area contributed by atoms with Crippen LogP contribution in [0.25, 0.3) is 10.8 Å². The van der Waals surface area contributed by atoms with Crippen LogP contribution in [0.3, 0.4) is 0 Å². The van der Waals surface area contributed by atoms with Crippen molar-refractivity contribution in [3.63, 3.8) is 0 Å². The fraction of sp³-hybridized carbons (Fsp3) is 0.312. The molecule has 1 aliphatic carbocycles. The van der Waals surface area contributed by atoms with Gasteiger partial charge in [-0.25, -0.2) is 0 Å². The molecule has 86 valence electrons. The molecule has 0 saturated heterocycles. The number of fused-ring (bicyclic) bond motifs is 2. The van der Waals surface area contributed by atoms with Crippen molar-refractivity contribution < 1.29 is 4.79 Å². The molecule has 0 saturated carbocycles. The predicted octanol–water partition coefficient (Wildman–Crippen LogP) is 3.46. The van der Waals surface area contributed by atoms with Gasteiger partial charge in [-0.1, -0.05) is 37.3 Å². The fourth-order valence-electron chi connectivity index (χ4n) is 2.76. The lowest BCUT2D eigenvalue weighted by Crippen LogP contribution is -2.13. The molecule has 1 aliphatic rings. The van der Waals surface area contributed by atoms with E-state index in [1.807, 2.05) is 0 Å². The number of carbonyl (C=O) groups excluding carboxylic acids is 1. The van der Waals surface area contributed by atoms with E-state index < -0.39 is 0 Å². The first kappa shape index (κ1) is 10.5. The molecular weight excluding hydrogens is 208 g/mol. The number of aryl methyl sites for hydroxylation is 2. The Hall–Kier alpha value is -1.63. The molecule has 0 aliphatic heterocycles. The van der Waals surface area contributed by atoms with Crippen LogP contribution < -0.4 is 0 Å². The molecule has 3 rings (SSSR count). The Balaban J connectivity index is 2.24. The number of hydrogen-bond acceptors (Lipinski definition) is 1. The summed E-state index contributed by atoms with van der Waals surface area (Å²) in [7, 11) is 0. The Morgan fingerprint density at radius 1 is 1.12 bits per heavy atom. The van der Waals surface area contributed by atoms with Crippen LogP contribution in [0, 0.1) is 0 Å². The fourth-order valence-corrected chi connectivity index (χ4v) is 2.76. The molecule has 2 aromatic carbocycles. The molecule has 0 radical (unpaired) electrons. The second-order valence-corrected chi connectivity index (χ2v) is 4.83. The van der Waals surface area contributed by atoms with Crippen molar-refractivity contribution in [1.29, 1.82) is 0 Å². The summed E-state index contributed by atoms with van der Waals surface area (Å²) in [6.45, 7) is 2.19. The van der Waals surface area contributed by atoms with Gasteiger partial charge < -0.3 is 0 Å². The van der Waals surface area contributed by atoms with Gasteiger partial charge in [0, 0.05) is 12.8 Å². The van der Waals surface area contributed by atoms with Crippen LogP contribution in [0.1, 0.15) is 30.0 Å². The van der Waals surface area contributed by atoms with E-state index in [0.29, 0.717) is 18.6 Å². The van der Waals surface area contributed by atoms with E-state index in [9.17, 15) is 4.79 Å². The molecule has 0 aromatic heterocycles. The van der Waals surface area contributed by atoms with Crippen molar-refractivity contribution in [2.75, 3.05) is 0 Å². The quantitative estimate of drug-likeness (QED) is 0.725. The normalized spacial score (nSPS) is 15.0. The summed E-state index contributed by atoms with van der Waals surface area (Å²) in [5, 5.41) is 2.64. The molecule has 0 heterocycles. The van der Waals surface area contributed by atoms with Crippen molar-refractivity contribution >= 4 is 16.6 Å². The van der Waals surface area contributed by atoms with Crippen LogP contribution in [0.4, 0.5) is 0 Å². The minimum Gasteiger partial charge on any atom is -0.299 e. The zero-order valence-corrected chi connectivity index (χ0v) is 10.1. The number of hydrogen-bond donors (Lipinski definition) is 0. The molecule has 0 atom stereocenters. The Labute approximate surface area is 101 Å². The molecule has 0 N–H and O–H groups in total. The molecular formula is C16H16O. The van der Waals surface area contributed by atoms with Gasteiger partial charge in [-0.15, -0.1) is 0 Å². The van der Waals surface area contributed by atoms with Crippen LogP contribution in [-0.4, -0.2) is 5.78 Å². The number of ketones is 1. The zero-order valence-electron chi connectivity index (χ0n) is 10.1. The third-order valence-corrected chi connectivity index (χ3v) is 3.73. The van der Waals surface area contributed by atoms with E-state index >= 15 is 0 Å². The van der Waals surface area contributed by atoms with Crippen LogP contribution in [0.15, 0.2) is 30.3 Å². The minimum atomic E-state index is 0.378. The largest absolute Gasteiger partial charge is 0.299 e. The van der Waals surface area contributed by atoms with Gasteiger partial charge in [-0.05, 0) is 40.3 Å². The maximum absolute atomic E-state index is 11.5. The highest BCUT2D eigenvalue weighted by molar-refractivity contribution is 5.90. The van der Waals surface area contributed by atoms with Gasteiger partial charge in [0.15, 0.2) is 0 Å². The molecule has 0 unspecified atom stereocenters. The van der Waals surface area contributed by atoms with Gasteiger partial charge >= 0.3 is 0 Å². The highest BCUT2D eigenvalue weighted by Crippen LogP contribution is 2.27. The standard InChI is InChI=1S/C16H16O/c1-2-11-4-3-5-13-8-14-9-15(17)7-6-12(14)10-16(11)13/h3-5,8,10H,2,6-7,9H2,1H3. The summed E-state index contributed by atoms with van der Waals surface area (Å²) >= 11 is 0.